The number of nitrogens with one attached hydrogen (secondary N) is 1. The highest BCUT2D eigenvalue weighted by Crippen LogP contribution is 2.57. The minimum Gasteiger partial charge on any atom is -0.505 e. The first-order chi connectivity index (χ1) is 41.1. The minimum atomic E-state index is -5.36. The van der Waals surface area contributed by atoms with Gasteiger partial charge in [0.2, 0.25) is 17.2 Å². The molecule has 89 heavy (non-hydrogen) atoms. The zero-order valence-corrected chi connectivity index (χ0v) is 50.7. The monoisotopic (exact) mass is 1390 g/mol. The van der Waals surface area contributed by atoms with Crippen molar-refractivity contribution in [1.82, 2.24) is 15.0 Å². The molecule has 36 nitrogen and oxygen atoms in total. The summed E-state index contributed by atoms with van der Waals surface area (Å²) in [4.78, 5) is 8.55. The predicted molar refractivity (Wildman–Crippen MR) is 317 cm³/mol. The number of hydrogen-bond acceptors (Lipinski definition) is 32. The van der Waals surface area contributed by atoms with Crippen LogP contribution in [0.4, 0.5) is 63.1 Å². The molecule has 0 atom stereocenters. The highest BCUT2D eigenvalue weighted by molar-refractivity contribution is 8.19. The largest absolute Gasteiger partial charge is 0.505 e. The number of benzene rings is 7. The highest BCUT2D eigenvalue weighted by atomic mass is 35.5. The van der Waals surface area contributed by atoms with Crippen LogP contribution in [0.5, 0.6) is 17.2 Å². The van der Waals surface area contributed by atoms with E-state index >= 15 is 0 Å². The third-order valence-electron chi connectivity index (χ3n) is 12.0. The van der Waals surface area contributed by atoms with E-state index in [1.54, 1.807) is 0 Å². The SMILES string of the molecule is COc1ccc(N=Nc2c(S(O)(O)O)cc3cc(N(C)c4nc(Cl)nc(Nc5ccc(S(=O)(=O)O)c(N=Nc6c(S(O)(O)O)cc7cc(S(=O)(=O)O)c(N=Nc8ccc(S(=O)(=O)CCOS(=O)(=O)O)cc8)c(N)c7c6O)c5)n4)ccc3c2O)c(S(=O)(=O)O)c1. The zero-order chi connectivity index (χ0) is 65.7. The van der Waals surface area contributed by atoms with Gasteiger partial charge in [0, 0.05) is 29.9 Å². The number of azo groups is 3. The number of nitrogen functional groups attached to an aromatic ring is 1. The van der Waals surface area contributed by atoms with Gasteiger partial charge in [0.05, 0.1) is 50.9 Å². The molecule has 1 heterocycles. The van der Waals surface area contributed by atoms with Gasteiger partial charge in [-0.25, -0.2) is 12.6 Å². The normalized spacial score (nSPS) is 13.5. The van der Waals surface area contributed by atoms with Gasteiger partial charge in [-0.2, -0.15) is 53.7 Å². The van der Waals surface area contributed by atoms with E-state index in [0.29, 0.717) is 12.1 Å². The van der Waals surface area contributed by atoms with E-state index in [0.717, 1.165) is 60.7 Å². The lowest BCUT2D eigenvalue weighted by Gasteiger charge is -2.23. The lowest BCUT2D eigenvalue weighted by molar-refractivity contribution is 0.283. The summed E-state index contributed by atoms with van der Waals surface area (Å²) >= 11 is 6.31. The molecule has 474 valence electrons. The van der Waals surface area contributed by atoms with Crippen molar-refractivity contribution in [2.24, 2.45) is 30.7 Å². The number of nitrogens with two attached hydrogens (primary N) is 1. The van der Waals surface area contributed by atoms with Crippen LogP contribution in [-0.2, 0) is 54.8 Å². The number of hydrogen-bond donors (Lipinski definition) is 14. The summed E-state index contributed by atoms with van der Waals surface area (Å²) in [7, 11) is -31.9. The number of ether oxygens (including phenoxy) is 1. The number of rotatable bonds is 21. The second-order valence-corrected chi connectivity index (χ2v) is 28.5. The predicted octanol–water partition coefficient (Wildman–Crippen LogP) is 10.1. The number of sulfone groups is 1. The number of methoxy groups -OCH3 is 1. The molecule has 0 saturated carbocycles. The minimum absolute atomic E-state index is 0.00212. The molecule has 0 aliphatic carbocycles. The molecule has 44 heteroatoms. The first kappa shape index (κ1) is 66.9. The summed E-state index contributed by atoms with van der Waals surface area (Å²) in [6.45, 7) is -0.952. The molecule has 1 aromatic heterocycles. The molecule has 0 unspecified atom stereocenters. The molecule has 0 fully saturated rings. The van der Waals surface area contributed by atoms with E-state index < -0.39 is 176 Å². The molecule has 0 amide bonds. The van der Waals surface area contributed by atoms with Crippen LogP contribution in [0.15, 0.2) is 157 Å². The molecule has 15 N–H and O–H groups in total. The van der Waals surface area contributed by atoms with Gasteiger partial charge in [-0.1, -0.05) is 0 Å². The van der Waals surface area contributed by atoms with Gasteiger partial charge in [0.25, 0.3) is 30.4 Å². The number of aromatic nitrogens is 3. The van der Waals surface area contributed by atoms with Gasteiger partial charge in [-0.05, 0) is 113 Å². The second-order valence-electron chi connectivity index (χ2n) is 17.8. The maximum atomic E-state index is 12.7. The van der Waals surface area contributed by atoms with E-state index in [9.17, 15) is 93.3 Å². The molecular formula is C45H41ClN12O24S7. The number of nitrogens with zero attached hydrogens (tertiary/aromatic N) is 10. The molecule has 7 aromatic carbocycles. The quantitative estimate of drug-likeness (QED) is 0.0181. The van der Waals surface area contributed by atoms with Gasteiger partial charge < -0.3 is 58.2 Å². The number of halogens is 1. The maximum Gasteiger partial charge on any atom is 0.397 e. The lowest BCUT2D eigenvalue weighted by Crippen LogP contribution is -2.15. The van der Waals surface area contributed by atoms with Crippen molar-refractivity contribution in [2.75, 3.05) is 42.5 Å². The Balaban J connectivity index is 1.13. The average Bonchev–Trinajstić information content (AvgIpc) is 0.792. The molecule has 0 radical (unpaired) electrons. The van der Waals surface area contributed by atoms with Crippen LogP contribution in [0.2, 0.25) is 5.28 Å². The van der Waals surface area contributed by atoms with Crippen LogP contribution in [0.1, 0.15) is 0 Å². The topological polar surface area (TPSA) is 586 Å². The first-order valence-electron chi connectivity index (χ1n) is 23.4. The zero-order valence-electron chi connectivity index (χ0n) is 44.2. The van der Waals surface area contributed by atoms with Crippen molar-refractivity contribution in [3.8, 4) is 17.2 Å². The number of anilines is 5. The van der Waals surface area contributed by atoms with Crippen LogP contribution in [0.3, 0.4) is 0 Å². The van der Waals surface area contributed by atoms with E-state index in [-0.39, 0.29) is 45.5 Å². The maximum absolute atomic E-state index is 12.7. The van der Waals surface area contributed by atoms with E-state index in [1.807, 2.05) is 0 Å². The Morgan fingerprint density at radius 1 is 0.573 bits per heavy atom. The lowest BCUT2D eigenvalue weighted by atomic mass is 10.1. The smallest absolute Gasteiger partial charge is 0.397 e. The molecular weight excluding hydrogens is 1350 g/mol. The van der Waals surface area contributed by atoms with Crippen LogP contribution >= 0.6 is 33.3 Å². The Bertz CT molecular complexity index is 4910. The average molecular weight is 1390 g/mol. The van der Waals surface area contributed by atoms with Crippen molar-refractivity contribution in [1.29, 1.82) is 0 Å². The Morgan fingerprint density at radius 3 is 1.73 bits per heavy atom. The van der Waals surface area contributed by atoms with Crippen molar-refractivity contribution in [3.63, 3.8) is 0 Å². The standard InChI is InChI=1S/C45H41ClN12O24S7/c1-58(25-6-10-28-21(15-25)16-34(87(72,73)74)39(41(28)59)56-53-29-11-7-26(81-2)20-32(29)85(66,67)68)45-50-43(46)49-44(51-45)48-24-5-12-31(84(63,64)65)30(19-24)54-57-40-35(88(75,76)77)18-22-17-33(86(69,70)71)38(37(47)36(22)42(40)60)55-52-23-3-8-27(9-4-23)83(61,62)14-13-82-89(78,79)80/h3-12,15-20,59-60,72-77H,13-14,47H2,1-2H3,(H,63,64,65)(H,66,67,68)(H,69,70,71)(H,78,79,80)(H,48,49,50,51). The Hall–Kier alpha value is -8.03. The van der Waals surface area contributed by atoms with Gasteiger partial charge in [-0.15, -0.1) is 25.6 Å². The fourth-order valence-corrected chi connectivity index (χ4v) is 12.9. The second kappa shape index (κ2) is 24.7. The van der Waals surface area contributed by atoms with Gasteiger partial charge in [-0.3, -0.25) is 18.2 Å². The number of aromatic hydroxyl groups is 2. The highest BCUT2D eigenvalue weighted by Gasteiger charge is 2.31. The molecule has 0 aliphatic rings. The summed E-state index contributed by atoms with van der Waals surface area (Å²) in [6, 6.07) is 16.3. The summed E-state index contributed by atoms with van der Waals surface area (Å²) in [6.07, 6.45) is 0. The van der Waals surface area contributed by atoms with Crippen LogP contribution in [-0.4, -0.2) is 139 Å². The fraction of sp³-hybridized carbons (Fsp3) is 0.0889. The molecule has 0 aliphatic heterocycles. The number of fused-ring (bicyclic) bond motifs is 2. The third kappa shape index (κ3) is 15.3. The Labute approximate surface area is 509 Å². The van der Waals surface area contributed by atoms with Crippen molar-refractivity contribution in [2.45, 2.75) is 29.4 Å². The molecule has 0 spiro atoms. The van der Waals surface area contributed by atoms with Gasteiger partial charge in [0.15, 0.2) is 21.3 Å². The van der Waals surface area contributed by atoms with E-state index in [1.165, 1.54) is 43.3 Å². The van der Waals surface area contributed by atoms with E-state index in [4.69, 9.17) is 26.6 Å². The fourth-order valence-electron chi connectivity index (χ4n) is 7.96. The molecule has 8 aromatic rings. The third-order valence-corrected chi connectivity index (χ3v) is 18.8. The van der Waals surface area contributed by atoms with Crippen molar-refractivity contribution in [3.05, 3.63) is 102 Å². The Kier molecular flexibility index (Phi) is 18.6. The van der Waals surface area contributed by atoms with Crippen LogP contribution in [0, 0.1) is 0 Å². The van der Waals surface area contributed by atoms with E-state index in [2.05, 4.69) is 55.1 Å². The van der Waals surface area contributed by atoms with Crippen LogP contribution < -0.4 is 20.7 Å². The summed E-state index contributed by atoms with van der Waals surface area (Å²) < 4.78 is 233. The van der Waals surface area contributed by atoms with Gasteiger partial charge in [0.1, 0.15) is 70.6 Å². The summed E-state index contributed by atoms with van der Waals surface area (Å²) in [5.41, 5.74) is 1.31. The summed E-state index contributed by atoms with van der Waals surface area (Å²) in [5, 5.41) is 46.7. The summed E-state index contributed by atoms with van der Waals surface area (Å²) in [5.74, 6) is -3.54. The Morgan fingerprint density at radius 2 is 1.15 bits per heavy atom. The van der Waals surface area contributed by atoms with Gasteiger partial charge >= 0.3 is 10.4 Å². The van der Waals surface area contributed by atoms with Crippen molar-refractivity contribution < 1.29 is 107 Å². The molecule has 8 rings (SSSR count). The van der Waals surface area contributed by atoms with Crippen molar-refractivity contribution >= 4 is 169 Å². The number of phenolic OH excluding ortho intramolecular Hbond substituents is 2. The first-order valence-corrected chi connectivity index (χ1v) is 34.2. The molecule has 0 saturated heterocycles. The van der Waals surface area contributed by atoms with Crippen LogP contribution in [0.25, 0.3) is 21.5 Å². The number of phenols is 2. The molecule has 0 bridgehead atoms.